The first-order chi connectivity index (χ1) is 12.4. The van der Waals surface area contributed by atoms with E-state index < -0.39 is 4.92 Å². The van der Waals surface area contributed by atoms with E-state index in [1.165, 1.54) is 40.9 Å². The highest BCUT2D eigenvalue weighted by Gasteiger charge is 2.38. The Kier molecular flexibility index (Phi) is 6.93. The van der Waals surface area contributed by atoms with Crippen molar-refractivity contribution in [1.29, 1.82) is 0 Å². The summed E-state index contributed by atoms with van der Waals surface area (Å²) >= 11 is 1.31. The SMILES string of the molecule is CCSC1=C(c2ccc([N+](=O)[O-])cc2)C(=O)N(CCCOC(C)C)C1=O. The van der Waals surface area contributed by atoms with Crippen LogP contribution in [-0.2, 0) is 14.3 Å². The van der Waals surface area contributed by atoms with Gasteiger partial charge >= 0.3 is 0 Å². The average molecular weight is 378 g/mol. The molecule has 0 saturated carbocycles. The van der Waals surface area contributed by atoms with Crippen LogP contribution in [0, 0.1) is 10.1 Å². The van der Waals surface area contributed by atoms with Gasteiger partial charge < -0.3 is 4.74 Å². The summed E-state index contributed by atoms with van der Waals surface area (Å²) in [5, 5.41) is 10.8. The largest absolute Gasteiger partial charge is 0.379 e. The molecule has 1 aromatic rings. The third-order valence-corrected chi connectivity index (χ3v) is 4.71. The highest BCUT2D eigenvalue weighted by molar-refractivity contribution is 8.04. The van der Waals surface area contributed by atoms with Gasteiger partial charge in [0.25, 0.3) is 17.5 Å². The highest BCUT2D eigenvalue weighted by atomic mass is 32.2. The topological polar surface area (TPSA) is 89.8 Å². The quantitative estimate of drug-likeness (QED) is 0.284. The predicted octanol–water partition coefficient (Wildman–Crippen LogP) is 3.24. The Morgan fingerprint density at radius 1 is 1.19 bits per heavy atom. The summed E-state index contributed by atoms with van der Waals surface area (Å²) in [6.45, 7) is 6.52. The summed E-state index contributed by atoms with van der Waals surface area (Å²) in [7, 11) is 0. The Balaban J connectivity index is 2.22. The van der Waals surface area contributed by atoms with Crippen molar-refractivity contribution in [3.8, 4) is 0 Å². The number of amides is 2. The highest BCUT2D eigenvalue weighted by Crippen LogP contribution is 2.36. The maximum absolute atomic E-state index is 12.8. The summed E-state index contributed by atoms with van der Waals surface area (Å²) in [4.78, 5) is 37.4. The van der Waals surface area contributed by atoms with E-state index in [4.69, 9.17) is 4.74 Å². The van der Waals surface area contributed by atoms with Gasteiger partial charge in [0.1, 0.15) is 0 Å². The van der Waals surface area contributed by atoms with Gasteiger partial charge in [-0.05, 0) is 43.7 Å². The maximum Gasteiger partial charge on any atom is 0.269 e. The molecular formula is C18H22N2O5S. The molecule has 140 valence electrons. The normalized spacial score (nSPS) is 14.7. The van der Waals surface area contributed by atoms with Crippen LogP contribution in [-0.4, -0.2) is 46.6 Å². The van der Waals surface area contributed by atoms with Crippen LogP contribution in [0.5, 0.6) is 0 Å². The van der Waals surface area contributed by atoms with E-state index in [1.807, 2.05) is 20.8 Å². The number of imide groups is 1. The number of carbonyl (C=O) groups excluding carboxylic acids is 2. The van der Waals surface area contributed by atoms with E-state index in [9.17, 15) is 19.7 Å². The molecule has 1 aliphatic heterocycles. The molecule has 0 aromatic heterocycles. The third kappa shape index (κ3) is 4.50. The number of thioether (sulfide) groups is 1. The fourth-order valence-corrected chi connectivity index (χ4v) is 3.45. The van der Waals surface area contributed by atoms with Crippen molar-refractivity contribution in [2.24, 2.45) is 0 Å². The maximum atomic E-state index is 12.8. The molecule has 0 saturated heterocycles. The molecule has 0 N–H and O–H groups in total. The molecule has 8 heteroatoms. The molecule has 1 aromatic carbocycles. The van der Waals surface area contributed by atoms with Crippen molar-refractivity contribution in [2.45, 2.75) is 33.3 Å². The number of benzene rings is 1. The molecule has 0 radical (unpaired) electrons. The minimum Gasteiger partial charge on any atom is -0.379 e. The lowest BCUT2D eigenvalue weighted by atomic mass is 10.1. The third-order valence-electron chi connectivity index (χ3n) is 3.76. The van der Waals surface area contributed by atoms with E-state index in [2.05, 4.69) is 0 Å². The zero-order valence-electron chi connectivity index (χ0n) is 15.1. The van der Waals surface area contributed by atoms with Crippen LogP contribution in [0.25, 0.3) is 5.57 Å². The number of hydrogen-bond acceptors (Lipinski definition) is 6. The predicted molar refractivity (Wildman–Crippen MR) is 101 cm³/mol. The minimum absolute atomic E-state index is 0.0569. The minimum atomic E-state index is -0.498. The standard InChI is InChI=1S/C18H22N2O5S/c1-4-26-16-15(13-6-8-14(9-7-13)20(23)24)17(21)19(18(16)22)10-5-11-25-12(2)3/h6-9,12H,4-5,10-11H2,1-3H3. The number of nitrogens with zero attached hydrogens (tertiary/aromatic N) is 2. The van der Waals surface area contributed by atoms with E-state index in [1.54, 1.807) is 0 Å². The van der Waals surface area contributed by atoms with Crippen LogP contribution >= 0.6 is 11.8 Å². The second kappa shape index (κ2) is 8.95. The number of non-ortho nitro benzene ring substituents is 1. The molecule has 0 fully saturated rings. The van der Waals surface area contributed by atoms with Gasteiger partial charge in [-0.1, -0.05) is 6.92 Å². The van der Waals surface area contributed by atoms with Crippen molar-refractivity contribution in [3.05, 3.63) is 44.8 Å². The Morgan fingerprint density at radius 3 is 2.38 bits per heavy atom. The van der Waals surface area contributed by atoms with Gasteiger partial charge in [0.2, 0.25) is 0 Å². The van der Waals surface area contributed by atoms with Gasteiger partial charge in [0.05, 0.1) is 21.5 Å². The second-order valence-corrected chi connectivity index (χ2v) is 7.25. The first kappa shape index (κ1) is 20.1. The van der Waals surface area contributed by atoms with Crippen LogP contribution in [0.1, 0.15) is 32.8 Å². The van der Waals surface area contributed by atoms with Crippen LogP contribution in [0.3, 0.4) is 0 Å². The molecule has 26 heavy (non-hydrogen) atoms. The molecule has 2 amide bonds. The van der Waals surface area contributed by atoms with Gasteiger partial charge in [0, 0.05) is 25.3 Å². The van der Waals surface area contributed by atoms with Gasteiger partial charge in [-0.2, -0.15) is 0 Å². The monoisotopic (exact) mass is 378 g/mol. The molecule has 0 unspecified atom stereocenters. The van der Waals surface area contributed by atoms with E-state index >= 15 is 0 Å². The van der Waals surface area contributed by atoms with Crippen LogP contribution in [0.4, 0.5) is 5.69 Å². The number of ether oxygens (including phenoxy) is 1. The summed E-state index contributed by atoms with van der Waals surface area (Å²) in [6, 6.07) is 5.71. The van der Waals surface area contributed by atoms with E-state index in [0.29, 0.717) is 34.8 Å². The fraction of sp³-hybridized carbons (Fsp3) is 0.444. The summed E-state index contributed by atoms with van der Waals surface area (Å²) in [5.74, 6) is -0.0149. The lowest BCUT2D eigenvalue weighted by molar-refractivity contribution is -0.384. The molecule has 1 heterocycles. The first-order valence-electron chi connectivity index (χ1n) is 8.46. The lowest BCUT2D eigenvalue weighted by Crippen LogP contribution is -2.33. The van der Waals surface area contributed by atoms with Crippen LogP contribution < -0.4 is 0 Å². The molecule has 2 rings (SSSR count). The molecule has 0 bridgehead atoms. The number of rotatable bonds is 9. The Hall–Kier alpha value is -2.19. The molecular weight excluding hydrogens is 356 g/mol. The smallest absolute Gasteiger partial charge is 0.269 e. The number of nitro benzene ring substituents is 1. The Bertz CT molecular complexity index is 728. The molecule has 0 spiro atoms. The number of nitro groups is 1. The lowest BCUT2D eigenvalue weighted by Gasteiger charge is -2.15. The average Bonchev–Trinajstić information content (AvgIpc) is 2.83. The van der Waals surface area contributed by atoms with Crippen LogP contribution in [0.15, 0.2) is 29.2 Å². The zero-order valence-corrected chi connectivity index (χ0v) is 15.9. The Morgan fingerprint density at radius 2 is 1.85 bits per heavy atom. The zero-order chi connectivity index (χ0) is 19.3. The van der Waals surface area contributed by atoms with Crippen molar-refractivity contribution in [1.82, 2.24) is 4.90 Å². The van der Waals surface area contributed by atoms with Crippen molar-refractivity contribution < 1.29 is 19.2 Å². The van der Waals surface area contributed by atoms with E-state index in [-0.39, 0.29) is 30.2 Å². The van der Waals surface area contributed by atoms with Crippen molar-refractivity contribution in [3.63, 3.8) is 0 Å². The molecule has 1 aliphatic rings. The van der Waals surface area contributed by atoms with Gasteiger partial charge in [-0.25, -0.2) is 0 Å². The van der Waals surface area contributed by atoms with Crippen molar-refractivity contribution >= 4 is 34.8 Å². The van der Waals surface area contributed by atoms with Gasteiger partial charge in [-0.3, -0.25) is 24.6 Å². The number of carbonyl (C=O) groups is 2. The van der Waals surface area contributed by atoms with Gasteiger partial charge in [0.15, 0.2) is 0 Å². The molecule has 7 nitrogen and oxygen atoms in total. The second-order valence-electron chi connectivity index (χ2n) is 5.98. The first-order valence-corrected chi connectivity index (χ1v) is 9.45. The summed E-state index contributed by atoms with van der Waals surface area (Å²) < 4.78 is 5.46. The van der Waals surface area contributed by atoms with Crippen LogP contribution in [0.2, 0.25) is 0 Å². The summed E-state index contributed by atoms with van der Waals surface area (Å²) in [5.41, 5.74) is 0.783. The van der Waals surface area contributed by atoms with Gasteiger partial charge in [-0.15, -0.1) is 11.8 Å². The Labute approximate surface area is 156 Å². The molecule has 0 atom stereocenters. The fourth-order valence-electron chi connectivity index (χ4n) is 2.58. The molecule has 0 aliphatic carbocycles. The number of hydrogen-bond donors (Lipinski definition) is 0. The van der Waals surface area contributed by atoms with E-state index in [0.717, 1.165) is 0 Å². The van der Waals surface area contributed by atoms with Crippen molar-refractivity contribution in [2.75, 3.05) is 18.9 Å². The summed E-state index contributed by atoms with van der Waals surface area (Å²) in [6.07, 6.45) is 0.660.